The van der Waals surface area contributed by atoms with Gasteiger partial charge in [-0.15, -0.1) is 0 Å². The highest BCUT2D eigenvalue weighted by atomic mass is 32.2. The first-order valence-electron chi connectivity index (χ1n) is 6.10. The normalized spacial score (nSPS) is 11.4. The molecule has 0 atom stereocenters. The molecule has 0 aliphatic rings. The van der Waals surface area contributed by atoms with Gasteiger partial charge in [0.05, 0.1) is 12.9 Å². The second kappa shape index (κ2) is 6.81. The molecule has 0 radical (unpaired) electrons. The van der Waals surface area contributed by atoms with Gasteiger partial charge in [0.2, 0.25) is 5.91 Å². The third-order valence-corrected chi connectivity index (χ3v) is 3.16. The van der Waals surface area contributed by atoms with Crippen LogP contribution in [0.5, 0.6) is 0 Å². The van der Waals surface area contributed by atoms with Crippen LogP contribution in [0.3, 0.4) is 0 Å². The van der Waals surface area contributed by atoms with E-state index >= 15 is 0 Å². The van der Waals surface area contributed by atoms with Crippen molar-refractivity contribution in [3.05, 3.63) is 29.1 Å². The Hall–Kier alpha value is -1.47. The molecule has 1 aromatic rings. The van der Waals surface area contributed by atoms with Crippen molar-refractivity contribution in [2.75, 3.05) is 18.2 Å². The third kappa shape index (κ3) is 5.66. The van der Waals surface area contributed by atoms with Crippen LogP contribution in [0.15, 0.2) is 12.1 Å². The SMILES string of the molecule is Cc1cc(NC(=O)CCCOS(C)(=O)=O)cc(C)c1F. The van der Waals surface area contributed by atoms with E-state index in [1.54, 1.807) is 26.0 Å². The molecule has 0 bridgehead atoms. The summed E-state index contributed by atoms with van der Waals surface area (Å²) in [6, 6.07) is 3.10. The molecule has 0 aromatic heterocycles. The summed E-state index contributed by atoms with van der Waals surface area (Å²) in [5.74, 6) is -0.558. The highest BCUT2D eigenvalue weighted by Gasteiger charge is 2.08. The smallest absolute Gasteiger partial charge is 0.264 e. The van der Waals surface area contributed by atoms with Crippen LogP contribution in [-0.2, 0) is 19.1 Å². The topological polar surface area (TPSA) is 72.5 Å². The molecule has 0 fully saturated rings. The molecule has 1 aromatic carbocycles. The van der Waals surface area contributed by atoms with Gasteiger partial charge < -0.3 is 5.32 Å². The number of hydrogen-bond acceptors (Lipinski definition) is 4. The van der Waals surface area contributed by atoms with E-state index in [2.05, 4.69) is 9.50 Å². The molecule has 0 heterocycles. The third-order valence-electron chi connectivity index (χ3n) is 2.57. The predicted octanol–water partition coefficient (Wildman–Crippen LogP) is 2.14. The van der Waals surface area contributed by atoms with Crippen LogP contribution < -0.4 is 5.32 Å². The van der Waals surface area contributed by atoms with Crippen molar-refractivity contribution >= 4 is 21.7 Å². The van der Waals surface area contributed by atoms with E-state index in [0.29, 0.717) is 16.8 Å². The lowest BCUT2D eigenvalue weighted by Crippen LogP contribution is -2.13. The molecule has 0 aliphatic heterocycles. The Morgan fingerprint density at radius 3 is 2.35 bits per heavy atom. The van der Waals surface area contributed by atoms with Gasteiger partial charge in [0.25, 0.3) is 10.1 Å². The van der Waals surface area contributed by atoms with Gasteiger partial charge in [-0.2, -0.15) is 8.42 Å². The number of rotatable bonds is 6. The number of aryl methyl sites for hydroxylation is 2. The molecule has 5 nitrogen and oxygen atoms in total. The molecule has 0 spiro atoms. The van der Waals surface area contributed by atoms with E-state index < -0.39 is 10.1 Å². The number of nitrogens with one attached hydrogen (secondary N) is 1. The molecule has 1 rings (SSSR count). The number of hydrogen-bond donors (Lipinski definition) is 1. The summed E-state index contributed by atoms with van der Waals surface area (Å²) in [6.07, 6.45) is 1.38. The summed E-state index contributed by atoms with van der Waals surface area (Å²) in [6.45, 7) is 3.21. The molecular weight excluding hydrogens is 285 g/mol. The van der Waals surface area contributed by atoms with Gasteiger partial charge in [0.15, 0.2) is 0 Å². The van der Waals surface area contributed by atoms with E-state index in [-0.39, 0.29) is 31.2 Å². The Kier molecular flexibility index (Phi) is 5.64. The molecule has 112 valence electrons. The lowest BCUT2D eigenvalue weighted by molar-refractivity contribution is -0.116. The Balaban J connectivity index is 2.47. The molecule has 1 N–H and O–H groups in total. The number of amides is 1. The van der Waals surface area contributed by atoms with Gasteiger partial charge in [-0.05, 0) is 43.5 Å². The molecule has 0 unspecified atom stereocenters. The Morgan fingerprint density at radius 1 is 1.30 bits per heavy atom. The summed E-state index contributed by atoms with van der Waals surface area (Å²) in [4.78, 5) is 11.6. The van der Waals surface area contributed by atoms with E-state index in [1.807, 2.05) is 0 Å². The largest absolute Gasteiger partial charge is 0.326 e. The van der Waals surface area contributed by atoms with Crippen molar-refractivity contribution in [2.45, 2.75) is 26.7 Å². The second-order valence-electron chi connectivity index (χ2n) is 4.60. The van der Waals surface area contributed by atoms with Crippen molar-refractivity contribution in [3.8, 4) is 0 Å². The van der Waals surface area contributed by atoms with Gasteiger partial charge in [-0.3, -0.25) is 8.98 Å². The molecule has 20 heavy (non-hydrogen) atoms. The highest BCUT2D eigenvalue weighted by molar-refractivity contribution is 7.85. The Labute approximate surface area is 118 Å². The van der Waals surface area contributed by atoms with Crippen molar-refractivity contribution in [2.24, 2.45) is 0 Å². The van der Waals surface area contributed by atoms with E-state index in [4.69, 9.17) is 0 Å². The van der Waals surface area contributed by atoms with Crippen LogP contribution in [0.4, 0.5) is 10.1 Å². The molecule has 0 aliphatic carbocycles. The zero-order valence-corrected chi connectivity index (χ0v) is 12.5. The quantitative estimate of drug-likeness (QED) is 0.645. The average molecular weight is 303 g/mol. The number of anilines is 1. The maximum absolute atomic E-state index is 13.4. The van der Waals surface area contributed by atoms with Gasteiger partial charge >= 0.3 is 0 Å². The summed E-state index contributed by atoms with van der Waals surface area (Å²) >= 11 is 0. The maximum Gasteiger partial charge on any atom is 0.264 e. The average Bonchev–Trinajstić information content (AvgIpc) is 2.30. The van der Waals surface area contributed by atoms with Gasteiger partial charge in [-0.25, -0.2) is 4.39 Å². The number of benzene rings is 1. The van der Waals surface area contributed by atoms with Gasteiger partial charge in [-0.1, -0.05) is 0 Å². The maximum atomic E-state index is 13.4. The first-order chi connectivity index (χ1) is 9.19. The molecular formula is C13H18FNO4S. The van der Waals surface area contributed by atoms with Gasteiger partial charge in [0, 0.05) is 12.1 Å². The minimum absolute atomic E-state index is 0.0340. The van der Waals surface area contributed by atoms with E-state index in [0.717, 1.165) is 6.26 Å². The van der Waals surface area contributed by atoms with Crippen molar-refractivity contribution < 1.29 is 21.8 Å². The fourth-order valence-corrected chi connectivity index (χ4v) is 2.11. The zero-order valence-electron chi connectivity index (χ0n) is 11.7. The highest BCUT2D eigenvalue weighted by Crippen LogP contribution is 2.18. The first kappa shape index (κ1) is 16.6. The number of carbonyl (C=O) groups excluding carboxylic acids is 1. The van der Waals surface area contributed by atoms with Crippen LogP contribution in [-0.4, -0.2) is 27.2 Å². The van der Waals surface area contributed by atoms with Crippen LogP contribution in [0.25, 0.3) is 0 Å². The lowest BCUT2D eigenvalue weighted by Gasteiger charge is -2.08. The fraction of sp³-hybridized carbons (Fsp3) is 0.462. The second-order valence-corrected chi connectivity index (χ2v) is 6.25. The zero-order chi connectivity index (χ0) is 15.3. The van der Waals surface area contributed by atoms with Crippen molar-refractivity contribution in [1.82, 2.24) is 0 Å². The minimum Gasteiger partial charge on any atom is -0.326 e. The fourth-order valence-electron chi connectivity index (χ4n) is 1.68. The molecule has 0 saturated heterocycles. The van der Waals surface area contributed by atoms with Crippen LogP contribution in [0, 0.1) is 19.7 Å². The number of carbonyl (C=O) groups is 1. The molecule has 7 heteroatoms. The summed E-state index contributed by atoms with van der Waals surface area (Å²) in [5.41, 5.74) is 1.44. The Morgan fingerprint density at radius 2 is 1.85 bits per heavy atom. The van der Waals surface area contributed by atoms with Crippen molar-refractivity contribution in [1.29, 1.82) is 0 Å². The molecule has 1 amide bonds. The van der Waals surface area contributed by atoms with Crippen LogP contribution in [0.2, 0.25) is 0 Å². The minimum atomic E-state index is -3.47. The van der Waals surface area contributed by atoms with Crippen LogP contribution >= 0.6 is 0 Å². The summed E-state index contributed by atoms with van der Waals surface area (Å²) < 4.78 is 39.4. The molecule has 0 saturated carbocycles. The lowest BCUT2D eigenvalue weighted by atomic mass is 10.1. The monoisotopic (exact) mass is 303 g/mol. The summed E-state index contributed by atoms with van der Waals surface area (Å²) in [5, 5.41) is 2.64. The number of halogens is 1. The summed E-state index contributed by atoms with van der Waals surface area (Å²) in [7, 11) is -3.47. The standard InChI is InChI=1S/C13H18FNO4S/c1-9-7-11(8-10(2)13(9)14)15-12(16)5-4-6-19-20(3,17)18/h7-8H,4-6H2,1-3H3,(H,15,16). The van der Waals surface area contributed by atoms with Gasteiger partial charge in [0.1, 0.15) is 5.82 Å². The van der Waals surface area contributed by atoms with Crippen molar-refractivity contribution in [3.63, 3.8) is 0 Å². The Bertz CT molecular complexity index is 575. The van der Waals surface area contributed by atoms with E-state index in [9.17, 15) is 17.6 Å². The van der Waals surface area contributed by atoms with E-state index in [1.165, 1.54) is 0 Å². The first-order valence-corrected chi connectivity index (χ1v) is 7.91. The van der Waals surface area contributed by atoms with Crippen LogP contribution in [0.1, 0.15) is 24.0 Å². The predicted molar refractivity (Wildman–Crippen MR) is 74.5 cm³/mol.